The molecule has 0 spiro atoms. The maximum absolute atomic E-state index is 12.1. The van der Waals surface area contributed by atoms with Crippen molar-refractivity contribution >= 4 is 11.8 Å². The smallest absolute Gasteiger partial charge is 0.252 e. The normalized spacial score (nSPS) is 26.1. The summed E-state index contributed by atoms with van der Waals surface area (Å²) in [5, 5.41) is 2.96. The summed E-state index contributed by atoms with van der Waals surface area (Å²) in [4.78, 5) is 30.0. The van der Waals surface area contributed by atoms with Crippen molar-refractivity contribution in [3.05, 3.63) is 30.1 Å². The third kappa shape index (κ3) is 3.52. The molecule has 0 saturated carbocycles. The lowest BCUT2D eigenvalue weighted by Gasteiger charge is -2.20. The minimum Gasteiger partial charge on any atom is -0.376 e. The lowest BCUT2D eigenvalue weighted by Crippen LogP contribution is -2.35. The van der Waals surface area contributed by atoms with Gasteiger partial charge in [-0.05, 0) is 18.6 Å². The highest BCUT2D eigenvalue weighted by molar-refractivity contribution is 5.93. The summed E-state index contributed by atoms with van der Waals surface area (Å²) >= 11 is 0. The molecule has 6 heteroatoms. The second kappa shape index (κ2) is 7.08. The van der Waals surface area contributed by atoms with Gasteiger partial charge < -0.3 is 15.0 Å². The van der Waals surface area contributed by atoms with Crippen LogP contribution in [0.25, 0.3) is 0 Å². The summed E-state index contributed by atoms with van der Waals surface area (Å²) in [7, 11) is 0. The van der Waals surface area contributed by atoms with Gasteiger partial charge in [-0.3, -0.25) is 14.6 Å². The number of fused-ring (bicyclic) bond motifs is 1. The number of hydrogen-bond acceptors (Lipinski definition) is 4. The van der Waals surface area contributed by atoms with E-state index in [0.717, 1.165) is 13.0 Å². The molecule has 3 atom stereocenters. The third-order valence-electron chi connectivity index (χ3n) is 4.70. The van der Waals surface area contributed by atoms with Gasteiger partial charge >= 0.3 is 0 Å². The van der Waals surface area contributed by atoms with Gasteiger partial charge in [0.1, 0.15) is 0 Å². The summed E-state index contributed by atoms with van der Waals surface area (Å²) in [6.45, 7) is 4.68. The van der Waals surface area contributed by atoms with Crippen LogP contribution in [-0.4, -0.2) is 54.0 Å². The first-order valence-corrected chi connectivity index (χ1v) is 8.26. The highest BCUT2D eigenvalue weighted by atomic mass is 16.5. The molecule has 1 aromatic heterocycles. The van der Waals surface area contributed by atoms with Crippen LogP contribution in [0.15, 0.2) is 24.5 Å². The molecular formula is C17H23N3O3. The summed E-state index contributed by atoms with van der Waals surface area (Å²) < 4.78 is 5.83. The first kappa shape index (κ1) is 15.9. The van der Waals surface area contributed by atoms with Gasteiger partial charge in [-0.15, -0.1) is 0 Å². The Kier molecular flexibility index (Phi) is 4.91. The van der Waals surface area contributed by atoms with E-state index in [1.165, 1.54) is 0 Å². The van der Waals surface area contributed by atoms with Crippen molar-refractivity contribution in [2.75, 3.05) is 26.2 Å². The Hall–Kier alpha value is -1.95. The van der Waals surface area contributed by atoms with Crippen LogP contribution < -0.4 is 5.32 Å². The Balaban J connectivity index is 1.52. The molecule has 6 nitrogen and oxygen atoms in total. The van der Waals surface area contributed by atoms with Crippen molar-refractivity contribution in [2.24, 2.45) is 11.8 Å². The Morgan fingerprint density at radius 3 is 3.04 bits per heavy atom. The van der Waals surface area contributed by atoms with E-state index >= 15 is 0 Å². The fraction of sp³-hybridized carbons (Fsp3) is 0.588. The van der Waals surface area contributed by atoms with Crippen LogP contribution >= 0.6 is 0 Å². The Bertz CT molecular complexity index is 563. The van der Waals surface area contributed by atoms with Crippen molar-refractivity contribution in [1.82, 2.24) is 15.2 Å². The van der Waals surface area contributed by atoms with Gasteiger partial charge in [-0.25, -0.2) is 0 Å². The van der Waals surface area contributed by atoms with E-state index < -0.39 is 0 Å². The average molecular weight is 317 g/mol. The molecule has 2 aliphatic heterocycles. The standard InChI is InChI=1S/C17H23N3O3/c1-2-4-16(21)20-9-14-13(11-23-15(14)10-20)8-19-17(22)12-5-3-6-18-7-12/h3,5-7,13-15H,2,4,8-11H2,1H3,(H,19,22)/t13-,14-,15-/m1/s1. The lowest BCUT2D eigenvalue weighted by atomic mass is 9.93. The van der Waals surface area contributed by atoms with Crippen LogP contribution in [0.5, 0.6) is 0 Å². The van der Waals surface area contributed by atoms with Crippen LogP contribution in [0.3, 0.4) is 0 Å². The number of nitrogens with one attached hydrogen (secondary N) is 1. The summed E-state index contributed by atoms with van der Waals surface area (Å²) in [5.41, 5.74) is 0.564. The maximum Gasteiger partial charge on any atom is 0.252 e. The molecule has 0 aliphatic carbocycles. The summed E-state index contributed by atoms with van der Waals surface area (Å²) in [5.74, 6) is 0.687. The van der Waals surface area contributed by atoms with Crippen molar-refractivity contribution in [2.45, 2.75) is 25.9 Å². The van der Waals surface area contributed by atoms with E-state index in [0.29, 0.717) is 37.6 Å². The predicted molar refractivity (Wildman–Crippen MR) is 84.8 cm³/mol. The molecule has 3 rings (SSSR count). The van der Waals surface area contributed by atoms with Gasteiger partial charge in [0.05, 0.1) is 18.3 Å². The van der Waals surface area contributed by atoms with Gasteiger partial charge in [-0.1, -0.05) is 6.92 Å². The van der Waals surface area contributed by atoms with Gasteiger partial charge in [0, 0.05) is 50.3 Å². The van der Waals surface area contributed by atoms with Crippen molar-refractivity contribution in [3.8, 4) is 0 Å². The molecule has 2 amide bonds. The first-order chi connectivity index (χ1) is 11.2. The van der Waals surface area contributed by atoms with Crippen LogP contribution in [0.4, 0.5) is 0 Å². The van der Waals surface area contributed by atoms with Crippen LogP contribution in [0.2, 0.25) is 0 Å². The molecule has 124 valence electrons. The number of carbonyl (C=O) groups excluding carboxylic acids is 2. The van der Waals surface area contributed by atoms with Crippen molar-refractivity contribution in [1.29, 1.82) is 0 Å². The molecular weight excluding hydrogens is 294 g/mol. The molecule has 23 heavy (non-hydrogen) atoms. The molecule has 1 aromatic rings. The van der Waals surface area contributed by atoms with Crippen LogP contribution in [0.1, 0.15) is 30.1 Å². The molecule has 1 N–H and O–H groups in total. The fourth-order valence-electron chi connectivity index (χ4n) is 3.41. The Labute approximate surface area is 136 Å². The Morgan fingerprint density at radius 1 is 1.43 bits per heavy atom. The zero-order valence-electron chi connectivity index (χ0n) is 13.4. The molecule has 0 unspecified atom stereocenters. The van der Waals surface area contributed by atoms with Gasteiger partial charge in [-0.2, -0.15) is 0 Å². The summed E-state index contributed by atoms with van der Waals surface area (Å²) in [6.07, 6.45) is 4.80. The number of ether oxygens (including phenoxy) is 1. The van der Waals surface area contributed by atoms with Crippen LogP contribution in [-0.2, 0) is 9.53 Å². The van der Waals surface area contributed by atoms with Crippen molar-refractivity contribution < 1.29 is 14.3 Å². The van der Waals surface area contributed by atoms with E-state index in [1.54, 1.807) is 24.5 Å². The zero-order chi connectivity index (χ0) is 16.2. The summed E-state index contributed by atoms with van der Waals surface area (Å²) in [6, 6.07) is 3.49. The number of rotatable bonds is 5. The molecule has 2 fully saturated rings. The molecule has 2 aliphatic rings. The van der Waals surface area contributed by atoms with E-state index in [-0.39, 0.29) is 23.8 Å². The third-order valence-corrected chi connectivity index (χ3v) is 4.70. The van der Waals surface area contributed by atoms with E-state index in [2.05, 4.69) is 10.3 Å². The van der Waals surface area contributed by atoms with E-state index in [1.807, 2.05) is 11.8 Å². The van der Waals surface area contributed by atoms with Crippen molar-refractivity contribution in [3.63, 3.8) is 0 Å². The predicted octanol–water partition coefficient (Wildman–Crippen LogP) is 1.08. The average Bonchev–Trinajstić information content (AvgIpc) is 3.14. The second-order valence-electron chi connectivity index (χ2n) is 6.30. The monoisotopic (exact) mass is 317 g/mol. The quantitative estimate of drug-likeness (QED) is 0.882. The molecule has 0 aromatic carbocycles. The topological polar surface area (TPSA) is 71.5 Å². The number of carbonyl (C=O) groups is 2. The largest absolute Gasteiger partial charge is 0.376 e. The second-order valence-corrected chi connectivity index (χ2v) is 6.30. The molecule has 0 bridgehead atoms. The van der Waals surface area contributed by atoms with E-state index in [9.17, 15) is 9.59 Å². The number of likely N-dealkylation sites (tertiary alicyclic amines) is 1. The van der Waals surface area contributed by atoms with Gasteiger partial charge in [0.25, 0.3) is 5.91 Å². The lowest BCUT2D eigenvalue weighted by molar-refractivity contribution is -0.131. The number of aromatic nitrogens is 1. The van der Waals surface area contributed by atoms with Gasteiger partial charge in [0.15, 0.2) is 0 Å². The minimum atomic E-state index is -0.113. The number of hydrogen-bond donors (Lipinski definition) is 1. The number of nitrogens with zero attached hydrogens (tertiary/aromatic N) is 2. The highest BCUT2D eigenvalue weighted by Gasteiger charge is 2.44. The molecule has 0 radical (unpaired) electrons. The fourth-order valence-corrected chi connectivity index (χ4v) is 3.41. The van der Waals surface area contributed by atoms with Crippen LogP contribution in [0, 0.1) is 11.8 Å². The Morgan fingerprint density at radius 2 is 2.30 bits per heavy atom. The van der Waals surface area contributed by atoms with Gasteiger partial charge in [0.2, 0.25) is 5.91 Å². The van der Waals surface area contributed by atoms with E-state index in [4.69, 9.17) is 4.74 Å². The number of pyridine rings is 1. The maximum atomic E-state index is 12.1. The molecule has 2 saturated heterocycles. The molecule has 3 heterocycles. The minimum absolute atomic E-state index is 0.113. The zero-order valence-corrected chi connectivity index (χ0v) is 13.4. The first-order valence-electron chi connectivity index (χ1n) is 8.26. The highest BCUT2D eigenvalue weighted by Crippen LogP contribution is 2.33. The SMILES string of the molecule is CCCC(=O)N1C[C@@H]2[C@H](CNC(=O)c3cccnc3)CO[C@@H]2C1. The number of amides is 2.